The van der Waals surface area contributed by atoms with Crippen molar-refractivity contribution in [3.63, 3.8) is 0 Å². The standard InChI is InChI=1S/C11H9ClO2/c1-2-7-6-14-10-4-3-8(12)5-9(10)11(7)13/h2-5H,6H2,1H3/b7-2+. The zero-order chi connectivity index (χ0) is 10.1. The summed E-state index contributed by atoms with van der Waals surface area (Å²) in [5.41, 5.74) is 1.23. The van der Waals surface area contributed by atoms with Crippen LogP contribution in [0.15, 0.2) is 29.8 Å². The monoisotopic (exact) mass is 208 g/mol. The molecule has 0 spiro atoms. The molecular weight excluding hydrogens is 200 g/mol. The number of benzene rings is 1. The summed E-state index contributed by atoms with van der Waals surface area (Å²) >= 11 is 5.81. The zero-order valence-electron chi connectivity index (χ0n) is 7.71. The molecule has 0 bridgehead atoms. The molecule has 1 aromatic rings. The molecule has 1 aliphatic rings. The number of ether oxygens (including phenoxy) is 1. The van der Waals surface area contributed by atoms with E-state index in [0.717, 1.165) is 0 Å². The van der Waals surface area contributed by atoms with Gasteiger partial charge in [-0.2, -0.15) is 0 Å². The molecule has 2 rings (SSSR count). The topological polar surface area (TPSA) is 26.3 Å². The van der Waals surface area contributed by atoms with Crippen molar-refractivity contribution in [2.75, 3.05) is 6.61 Å². The van der Waals surface area contributed by atoms with Crippen LogP contribution in [-0.4, -0.2) is 12.4 Å². The van der Waals surface area contributed by atoms with Crippen molar-refractivity contribution >= 4 is 17.4 Å². The van der Waals surface area contributed by atoms with E-state index in [4.69, 9.17) is 16.3 Å². The normalized spacial score (nSPS) is 17.9. The molecule has 0 aromatic heterocycles. The van der Waals surface area contributed by atoms with E-state index in [2.05, 4.69) is 0 Å². The molecule has 0 atom stereocenters. The molecule has 0 aliphatic carbocycles. The van der Waals surface area contributed by atoms with E-state index < -0.39 is 0 Å². The number of ketones is 1. The molecule has 0 unspecified atom stereocenters. The van der Waals surface area contributed by atoms with E-state index in [0.29, 0.717) is 28.5 Å². The Morgan fingerprint density at radius 2 is 2.29 bits per heavy atom. The minimum Gasteiger partial charge on any atom is -0.488 e. The van der Waals surface area contributed by atoms with Gasteiger partial charge in [-0.25, -0.2) is 0 Å². The van der Waals surface area contributed by atoms with Crippen molar-refractivity contribution in [3.8, 4) is 5.75 Å². The average Bonchev–Trinajstić information content (AvgIpc) is 2.20. The predicted octanol–water partition coefficient (Wildman–Crippen LogP) is 2.86. The molecule has 3 heteroatoms. The first-order valence-electron chi connectivity index (χ1n) is 4.34. The molecule has 72 valence electrons. The number of halogens is 1. The number of Topliss-reactive ketones (excluding diaryl/α,β-unsaturated/α-hetero) is 1. The molecule has 0 amide bonds. The Labute approximate surface area is 87.1 Å². The van der Waals surface area contributed by atoms with Gasteiger partial charge in [0, 0.05) is 10.6 Å². The second kappa shape index (κ2) is 3.46. The Morgan fingerprint density at radius 3 is 3.00 bits per heavy atom. The van der Waals surface area contributed by atoms with Crippen LogP contribution in [0.2, 0.25) is 5.02 Å². The van der Waals surface area contributed by atoms with E-state index in [1.165, 1.54) is 0 Å². The van der Waals surface area contributed by atoms with Crippen LogP contribution in [0, 0.1) is 0 Å². The van der Waals surface area contributed by atoms with Gasteiger partial charge in [-0.05, 0) is 25.1 Å². The van der Waals surface area contributed by atoms with Crippen molar-refractivity contribution in [1.82, 2.24) is 0 Å². The van der Waals surface area contributed by atoms with Gasteiger partial charge in [0.2, 0.25) is 0 Å². The molecule has 1 aromatic carbocycles. The third kappa shape index (κ3) is 1.42. The van der Waals surface area contributed by atoms with Gasteiger partial charge in [-0.15, -0.1) is 0 Å². The molecule has 2 nitrogen and oxygen atoms in total. The molecule has 0 radical (unpaired) electrons. The summed E-state index contributed by atoms with van der Waals surface area (Å²) in [6.45, 7) is 2.18. The van der Waals surface area contributed by atoms with Crippen LogP contribution in [0.4, 0.5) is 0 Å². The fraction of sp³-hybridized carbons (Fsp3) is 0.182. The highest BCUT2D eigenvalue weighted by atomic mass is 35.5. The van der Waals surface area contributed by atoms with E-state index in [9.17, 15) is 4.79 Å². The van der Waals surface area contributed by atoms with E-state index >= 15 is 0 Å². The van der Waals surface area contributed by atoms with Gasteiger partial charge in [-0.3, -0.25) is 4.79 Å². The maximum atomic E-state index is 11.8. The average molecular weight is 209 g/mol. The number of rotatable bonds is 0. The van der Waals surface area contributed by atoms with Crippen LogP contribution < -0.4 is 4.74 Å². The van der Waals surface area contributed by atoms with Crippen LogP contribution in [0.1, 0.15) is 17.3 Å². The lowest BCUT2D eigenvalue weighted by atomic mass is 10.0. The Hall–Kier alpha value is -1.28. The molecule has 1 aliphatic heterocycles. The first-order valence-corrected chi connectivity index (χ1v) is 4.72. The largest absolute Gasteiger partial charge is 0.488 e. The van der Waals surface area contributed by atoms with Gasteiger partial charge >= 0.3 is 0 Å². The van der Waals surface area contributed by atoms with Gasteiger partial charge in [-0.1, -0.05) is 17.7 Å². The lowest BCUT2D eigenvalue weighted by Gasteiger charge is -2.18. The van der Waals surface area contributed by atoms with Crippen molar-refractivity contribution in [2.45, 2.75) is 6.92 Å². The molecule has 14 heavy (non-hydrogen) atoms. The van der Waals surface area contributed by atoms with Crippen LogP contribution in [-0.2, 0) is 0 Å². The van der Waals surface area contributed by atoms with Crippen LogP contribution in [0.5, 0.6) is 5.75 Å². The number of hydrogen-bond acceptors (Lipinski definition) is 2. The highest BCUT2D eigenvalue weighted by Crippen LogP contribution is 2.29. The highest BCUT2D eigenvalue weighted by Gasteiger charge is 2.22. The Kier molecular flexibility index (Phi) is 2.30. The van der Waals surface area contributed by atoms with E-state index in [-0.39, 0.29) is 5.78 Å². The Balaban J connectivity index is 2.54. The molecule has 0 N–H and O–H groups in total. The summed E-state index contributed by atoms with van der Waals surface area (Å²) in [4.78, 5) is 11.8. The first kappa shape index (κ1) is 9.28. The van der Waals surface area contributed by atoms with Gasteiger partial charge in [0.1, 0.15) is 12.4 Å². The van der Waals surface area contributed by atoms with Crippen LogP contribution in [0.3, 0.4) is 0 Å². The van der Waals surface area contributed by atoms with E-state index in [1.807, 2.05) is 6.92 Å². The number of allylic oxidation sites excluding steroid dienone is 1. The quantitative estimate of drug-likeness (QED) is 0.613. The summed E-state index contributed by atoms with van der Waals surface area (Å²) in [7, 11) is 0. The molecule has 0 saturated carbocycles. The van der Waals surface area contributed by atoms with Crippen LogP contribution in [0.25, 0.3) is 0 Å². The lowest BCUT2D eigenvalue weighted by Crippen LogP contribution is -2.18. The summed E-state index contributed by atoms with van der Waals surface area (Å²) in [5.74, 6) is 0.626. The lowest BCUT2D eigenvalue weighted by molar-refractivity contribution is 0.0999. The fourth-order valence-electron chi connectivity index (χ4n) is 1.41. The summed E-state index contributed by atoms with van der Waals surface area (Å²) in [6.07, 6.45) is 1.77. The fourth-order valence-corrected chi connectivity index (χ4v) is 1.59. The minimum atomic E-state index is 0.0104. The van der Waals surface area contributed by atoms with Gasteiger partial charge in [0.05, 0.1) is 5.56 Å². The summed E-state index contributed by atoms with van der Waals surface area (Å²) in [5, 5.41) is 0.554. The minimum absolute atomic E-state index is 0.0104. The van der Waals surface area contributed by atoms with Gasteiger partial charge in [0.25, 0.3) is 0 Å². The third-order valence-corrected chi connectivity index (χ3v) is 2.44. The van der Waals surface area contributed by atoms with Gasteiger partial charge < -0.3 is 4.74 Å². The first-order chi connectivity index (χ1) is 6.72. The molecule has 0 saturated heterocycles. The Morgan fingerprint density at radius 1 is 1.50 bits per heavy atom. The maximum Gasteiger partial charge on any atom is 0.195 e. The molecule has 0 fully saturated rings. The van der Waals surface area contributed by atoms with Gasteiger partial charge in [0.15, 0.2) is 5.78 Å². The second-order valence-electron chi connectivity index (χ2n) is 3.07. The Bertz CT molecular complexity index is 421. The molecule has 1 heterocycles. The van der Waals surface area contributed by atoms with Crippen molar-refractivity contribution in [1.29, 1.82) is 0 Å². The SMILES string of the molecule is C/C=C1\COc2ccc(Cl)cc2C1=O. The third-order valence-electron chi connectivity index (χ3n) is 2.21. The second-order valence-corrected chi connectivity index (χ2v) is 3.51. The molecular formula is C11H9ClO2. The number of fused-ring (bicyclic) bond motifs is 1. The highest BCUT2D eigenvalue weighted by molar-refractivity contribution is 6.31. The van der Waals surface area contributed by atoms with E-state index in [1.54, 1.807) is 24.3 Å². The number of hydrogen-bond donors (Lipinski definition) is 0. The van der Waals surface area contributed by atoms with Crippen LogP contribution >= 0.6 is 11.6 Å². The number of carbonyl (C=O) groups excluding carboxylic acids is 1. The van der Waals surface area contributed by atoms with Crippen molar-refractivity contribution in [2.24, 2.45) is 0 Å². The zero-order valence-corrected chi connectivity index (χ0v) is 8.47. The summed E-state index contributed by atoms with van der Waals surface area (Å²) in [6, 6.07) is 5.08. The number of carbonyl (C=O) groups is 1. The predicted molar refractivity (Wildman–Crippen MR) is 55.0 cm³/mol. The smallest absolute Gasteiger partial charge is 0.195 e. The van der Waals surface area contributed by atoms with Crippen molar-refractivity contribution in [3.05, 3.63) is 40.4 Å². The van der Waals surface area contributed by atoms with Crippen molar-refractivity contribution < 1.29 is 9.53 Å². The summed E-state index contributed by atoms with van der Waals surface area (Å²) < 4.78 is 5.40. The maximum absolute atomic E-state index is 11.8.